The van der Waals surface area contributed by atoms with Gasteiger partial charge < -0.3 is 20.4 Å². The van der Waals surface area contributed by atoms with Crippen LogP contribution in [0.1, 0.15) is 20.8 Å². The van der Waals surface area contributed by atoms with Gasteiger partial charge in [0.1, 0.15) is 32.0 Å². The average Bonchev–Trinajstić information content (AvgIpc) is 2.56. The first kappa shape index (κ1) is 19.3. The van der Waals surface area contributed by atoms with Crippen LogP contribution in [0.15, 0.2) is 24.3 Å². The summed E-state index contributed by atoms with van der Waals surface area (Å²) in [5, 5.41) is 5.58. The molecule has 1 aliphatic heterocycles. The maximum atomic E-state index is 13.7. The third kappa shape index (κ3) is 5.79. The van der Waals surface area contributed by atoms with Crippen LogP contribution in [0, 0.1) is 5.82 Å². The minimum atomic E-state index is -0.427. The summed E-state index contributed by atoms with van der Waals surface area (Å²) in [7, 11) is 0. The monoisotopic (exact) mass is 352 g/mol. The maximum Gasteiger partial charge on any atom is 0.282 e. The minimum Gasteiger partial charge on any atom is -0.349 e. The zero-order valence-electron chi connectivity index (χ0n) is 15.2. The lowest BCUT2D eigenvalue weighted by atomic mass is 10.2. The van der Waals surface area contributed by atoms with Gasteiger partial charge in [-0.1, -0.05) is 12.1 Å². The molecule has 1 atom stereocenters. The van der Waals surface area contributed by atoms with Crippen LogP contribution in [0.3, 0.4) is 0 Å². The zero-order chi connectivity index (χ0) is 18.4. The predicted octanol–water partition coefficient (Wildman–Crippen LogP) is -1.54. The highest BCUT2D eigenvalue weighted by atomic mass is 19.1. The molecule has 0 saturated carbocycles. The molecular formula is C18H29FN4O2+2. The van der Waals surface area contributed by atoms with Crippen LogP contribution in [0.2, 0.25) is 0 Å². The summed E-state index contributed by atoms with van der Waals surface area (Å²) in [4.78, 5) is 26.6. The lowest BCUT2D eigenvalue weighted by Gasteiger charge is -2.32. The smallest absolute Gasteiger partial charge is 0.282 e. The molecule has 4 N–H and O–H groups in total. The fourth-order valence-corrected chi connectivity index (χ4v) is 3.12. The number of carbonyl (C=O) groups excluding carboxylic acids is 2. The largest absolute Gasteiger partial charge is 0.349 e. The van der Waals surface area contributed by atoms with E-state index in [1.807, 2.05) is 20.8 Å². The fourth-order valence-electron chi connectivity index (χ4n) is 3.12. The average molecular weight is 352 g/mol. The molecule has 1 aromatic carbocycles. The summed E-state index contributed by atoms with van der Waals surface area (Å²) in [5.74, 6) is -0.539. The number of amides is 2. The van der Waals surface area contributed by atoms with Gasteiger partial charge in [-0.15, -0.1) is 0 Å². The van der Waals surface area contributed by atoms with E-state index in [1.54, 1.807) is 18.2 Å². The first-order chi connectivity index (χ1) is 11.9. The van der Waals surface area contributed by atoms with Crippen LogP contribution in [0.25, 0.3) is 0 Å². The van der Waals surface area contributed by atoms with Gasteiger partial charge >= 0.3 is 0 Å². The van der Waals surface area contributed by atoms with Gasteiger partial charge in [0.15, 0.2) is 12.6 Å². The molecule has 2 rings (SSSR count). The molecule has 0 radical (unpaired) electrons. The Morgan fingerprint density at radius 1 is 1.12 bits per heavy atom. The molecule has 0 aromatic heterocycles. The van der Waals surface area contributed by atoms with Crippen LogP contribution in [0.5, 0.6) is 0 Å². The summed E-state index contributed by atoms with van der Waals surface area (Å²) in [6, 6.07) is 6.08. The fraction of sp³-hybridized carbons (Fsp3) is 0.556. The first-order valence-electron chi connectivity index (χ1n) is 8.89. The molecule has 1 aliphatic rings. The van der Waals surface area contributed by atoms with Crippen molar-refractivity contribution in [3.05, 3.63) is 30.1 Å². The summed E-state index contributed by atoms with van der Waals surface area (Å²) in [6.45, 7) is 9.56. The Morgan fingerprint density at radius 3 is 2.36 bits per heavy atom. The van der Waals surface area contributed by atoms with Crippen molar-refractivity contribution in [2.75, 3.05) is 38.0 Å². The maximum absolute atomic E-state index is 13.7. The van der Waals surface area contributed by atoms with Crippen molar-refractivity contribution in [3.8, 4) is 0 Å². The number of rotatable bonds is 6. The van der Waals surface area contributed by atoms with Crippen LogP contribution in [-0.4, -0.2) is 56.6 Å². The molecule has 138 valence electrons. The van der Waals surface area contributed by atoms with E-state index in [0.29, 0.717) is 6.54 Å². The third-order valence-corrected chi connectivity index (χ3v) is 4.60. The Labute approximate surface area is 148 Å². The number of nitrogens with one attached hydrogen (secondary N) is 4. The molecule has 7 heteroatoms. The van der Waals surface area contributed by atoms with E-state index in [-0.39, 0.29) is 29.6 Å². The summed E-state index contributed by atoms with van der Waals surface area (Å²) >= 11 is 0. The van der Waals surface area contributed by atoms with Crippen molar-refractivity contribution in [1.82, 2.24) is 5.32 Å². The van der Waals surface area contributed by atoms with E-state index in [1.165, 1.54) is 15.9 Å². The van der Waals surface area contributed by atoms with Crippen LogP contribution < -0.4 is 20.4 Å². The number of benzene rings is 1. The number of para-hydroxylation sites is 1. The molecule has 25 heavy (non-hydrogen) atoms. The highest BCUT2D eigenvalue weighted by Crippen LogP contribution is 2.12. The van der Waals surface area contributed by atoms with Crippen molar-refractivity contribution in [3.63, 3.8) is 0 Å². The Morgan fingerprint density at radius 2 is 1.76 bits per heavy atom. The highest BCUT2D eigenvalue weighted by Gasteiger charge is 2.32. The van der Waals surface area contributed by atoms with Crippen molar-refractivity contribution in [1.29, 1.82) is 0 Å². The van der Waals surface area contributed by atoms with Gasteiger partial charge in [0.05, 0.1) is 5.69 Å². The Hall–Kier alpha value is -1.99. The van der Waals surface area contributed by atoms with Crippen LogP contribution in [0.4, 0.5) is 10.1 Å². The first-order valence-corrected chi connectivity index (χ1v) is 8.89. The summed E-state index contributed by atoms with van der Waals surface area (Å²) in [5.41, 5.74) is 0.216. The number of piperazine rings is 1. The van der Waals surface area contributed by atoms with Gasteiger partial charge in [0.2, 0.25) is 0 Å². The van der Waals surface area contributed by atoms with Crippen LogP contribution in [-0.2, 0) is 9.59 Å². The quantitative estimate of drug-likeness (QED) is 0.501. The molecule has 1 fully saturated rings. The number of quaternary nitrogens is 2. The molecule has 0 bridgehead atoms. The molecule has 0 unspecified atom stereocenters. The van der Waals surface area contributed by atoms with E-state index in [9.17, 15) is 14.0 Å². The van der Waals surface area contributed by atoms with Gasteiger partial charge in [-0.05, 0) is 32.9 Å². The van der Waals surface area contributed by atoms with Crippen molar-refractivity contribution in [2.24, 2.45) is 0 Å². The molecule has 1 saturated heterocycles. The van der Waals surface area contributed by atoms with Gasteiger partial charge in [-0.2, -0.15) is 0 Å². The Bertz CT molecular complexity index is 600. The number of anilines is 1. The second-order valence-corrected chi connectivity index (χ2v) is 7.00. The molecule has 2 amide bonds. The topological polar surface area (TPSA) is 67.1 Å². The normalized spacial score (nSPS) is 21.6. The Kier molecular flexibility index (Phi) is 6.90. The SMILES string of the molecule is CC(C)NC(=O)C[NH+]1CC[NH+]([C@@H](C)C(=O)Nc2ccccc2F)CC1. The second-order valence-electron chi connectivity index (χ2n) is 7.00. The minimum absolute atomic E-state index is 0.0683. The van der Waals surface area contributed by atoms with Gasteiger partial charge in [0.25, 0.3) is 11.8 Å². The lowest BCUT2D eigenvalue weighted by molar-refractivity contribution is -1.01. The van der Waals surface area contributed by atoms with E-state index < -0.39 is 5.82 Å². The standard InChI is InChI=1S/C18H27FN4O2/c1-13(2)20-17(24)12-22-8-10-23(11-9-22)14(3)18(25)21-16-7-5-4-6-15(16)19/h4-7,13-14H,8-12H2,1-3H3,(H,20,24)(H,21,25)/p+2/t14-/m0/s1. The molecule has 0 spiro atoms. The third-order valence-electron chi connectivity index (χ3n) is 4.60. The van der Waals surface area contributed by atoms with E-state index >= 15 is 0 Å². The lowest BCUT2D eigenvalue weighted by Crippen LogP contribution is -3.30. The summed E-state index contributed by atoms with van der Waals surface area (Å²) in [6.07, 6.45) is 0. The summed E-state index contributed by atoms with van der Waals surface area (Å²) < 4.78 is 13.7. The number of halogens is 1. The molecule has 1 heterocycles. The number of hydrogen-bond donors (Lipinski definition) is 4. The van der Waals surface area contributed by atoms with E-state index in [4.69, 9.17) is 0 Å². The van der Waals surface area contributed by atoms with Gasteiger partial charge in [-0.3, -0.25) is 9.59 Å². The molecular weight excluding hydrogens is 323 g/mol. The zero-order valence-corrected chi connectivity index (χ0v) is 15.2. The predicted molar refractivity (Wildman–Crippen MR) is 94.0 cm³/mol. The molecule has 0 aliphatic carbocycles. The highest BCUT2D eigenvalue weighted by molar-refractivity contribution is 5.93. The molecule has 1 aromatic rings. The van der Waals surface area contributed by atoms with E-state index in [0.717, 1.165) is 26.2 Å². The Balaban J connectivity index is 1.80. The van der Waals surface area contributed by atoms with Crippen molar-refractivity contribution >= 4 is 17.5 Å². The van der Waals surface area contributed by atoms with Gasteiger partial charge in [-0.25, -0.2) is 4.39 Å². The number of carbonyl (C=O) groups is 2. The van der Waals surface area contributed by atoms with Crippen molar-refractivity contribution in [2.45, 2.75) is 32.9 Å². The molecule has 6 nitrogen and oxygen atoms in total. The van der Waals surface area contributed by atoms with Crippen LogP contribution >= 0.6 is 0 Å². The van der Waals surface area contributed by atoms with Crippen molar-refractivity contribution < 1.29 is 23.8 Å². The van der Waals surface area contributed by atoms with Gasteiger partial charge in [0, 0.05) is 6.04 Å². The number of hydrogen-bond acceptors (Lipinski definition) is 2. The van der Waals surface area contributed by atoms with E-state index in [2.05, 4.69) is 10.6 Å². The second kappa shape index (κ2) is 8.92.